The maximum Gasteiger partial charge on any atom is 0.273 e. The average Bonchev–Trinajstić information content (AvgIpc) is 2.83. The summed E-state index contributed by atoms with van der Waals surface area (Å²) in [6, 6.07) is 1.80. The number of nitrogens with one attached hydrogen (secondary N) is 1. The summed E-state index contributed by atoms with van der Waals surface area (Å²) in [5.74, 6) is 1.04. The van der Waals surface area contributed by atoms with E-state index in [1.807, 2.05) is 19.0 Å². The molecule has 0 fully saturated rings. The van der Waals surface area contributed by atoms with E-state index in [-0.39, 0.29) is 18.1 Å². The zero-order valence-electron chi connectivity index (χ0n) is 11.0. The molecule has 0 aliphatic rings. The highest BCUT2D eigenvalue weighted by molar-refractivity contribution is 5.91. The molecule has 0 aromatic carbocycles. The summed E-state index contributed by atoms with van der Waals surface area (Å²) in [7, 11) is 5.49. The molecule has 100 valence electrons. The van der Waals surface area contributed by atoms with Crippen molar-refractivity contribution in [3.05, 3.63) is 30.0 Å². The Labute approximate surface area is 110 Å². The molecule has 2 heterocycles. The molecular weight excluding hydrogens is 246 g/mol. The zero-order chi connectivity index (χ0) is 13.8. The highest BCUT2D eigenvalue weighted by Crippen LogP contribution is 2.05. The van der Waals surface area contributed by atoms with E-state index in [9.17, 15) is 4.79 Å². The molecule has 0 aliphatic heterocycles. The highest BCUT2D eigenvalue weighted by Gasteiger charge is 2.10. The minimum absolute atomic E-state index is 0.247. The molecule has 0 saturated carbocycles. The van der Waals surface area contributed by atoms with E-state index >= 15 is 0 Å². The Morgan fingerprint density at radius 2 is 2.26 bits per heavy atom. The van der Waals surface area contributed by atoms with Crippen LogP contribution in [0.15, 0.2) is 18.5 Å². The van der Waals surface area contributed by atoms with Crippen molar-refractivity contribution in [2.45, 2.75) is 6.54 Å². The summed E-state index contributed by atoms with van der Waals surface area (Å²) in [6.45, 7) is 0.247. The SMILES string of the molecule is CN(C)c1ccnc(CNC(=O)c2cn(C)nn2)n1. The van der Waals surface area contributed by atoms with Gasteiger partial charge in [-0.05, 0) is 6.07 Å². The molecular formula is C11H15N7O. The third-order valence-electron chi connectivity index (χ3n) is 2.39. The molecule has 0 aliphatic carbocycles. The number of aromatic nitrogens is 5. The fraction of sp³-hybridized carbons (Fsp3) is 0.364. The number of carbonyl (C=O) groups is 1. The predicted molar refractivity (Wildman–Crippen MR) is 68.5 cm³/mol. The molecule has 0 spiro atoms. The smallest absolute Gasteiger partial charge is 0.273 e. The number of nitrogens with zero attached hydrogens (tertiary/aromatic N) is 6. The average molecular weight is 261 g/mol. The van der Waals surface area contributed by atoms with Crippen molar-refractivity contribution in [2.24, 2.45) is 7.05 Å². The molecule has 1 amide bonds. The zero-order valence-corrected chi connectivity index (χ0v) is 11.0. The maximum absolute atomic E-state index is 11.8. The van der Waals surface area contributed by atoms with Gasteiger partial charge in [-0.3, -0.25) is 9.48 Å². The lowest BCUT2D eigenvalue weighted by Gasteiger charge is -2.11. The van der Waals surface area contributed by atoms with Crippen molar-refractivity contribution in [3.8, 4) is 0 Å². The minimum Gasteiger partial charge on any atom is -0.363 e. The van der Waals surface area contributed by atoms with Crippen LogP contribution in [-0.4, -0.2) is 45.0 Å². The number of aryl methyl sites for hydroxylation is 1. The normalized spacial score (nSPS) is 10.3. The second-order valence-corrected chi connectivity index (χ2v) is 4.19. The topological polar surface area (TPSA) is 88.8 Å². The van der Waals surface area contributed by atoms with Crippen LogP contribution in [0, 0.1) is 0 Å². The summed E-state index contributed by atoms with van der Waals surface area (Å²) in [4.78, 5) is 22.0. The number of anilines is 1. The maximum atomic E-state index is 11.8. The van der Waals surface area contributed by atoms with Gasteiger partial charge in [0, 0.05) is 27.3 Å². The van der Waals surface area contributed by atoms with Crippen molar-refractivity contribution in [3.63, 3.8) is 0 Å². The number of hydrogen-bond acceptors (Lipinski definition) is 6. The van der Waals surface area contributed by atoms with Crippen LogP contribution in [0.25, 0.3) is 0 Å². The fourth-order valence-electron chi connectivity index (χ4n) is 1.42. The first-order chi connectivity index (χ1) is 9.06. The standard InChI is InChI=1S/C11H15N7O/c1-17(2)10-4-5-12-9(14-10)6-13-11(19)8-7-18(3)16-15-8/h4-5,7H,6H2,1-3H3,(H,13,19). The van der Waals surface area contributed by atoms with Crippen LogP contribution in [0.5, 0.6) is 0 Å². The van der Waals surface area contributed by atoms with Crippen LogP contribution in [0.2, 0.25) is 0 Å². The molecule has 2 rings (SSSR count). The lowest BCUT2D eigenvalue weighted by atomic mass is 10.4. The van der Waals surface area contributed by atoms with Crippen LogP contribution in [0.4, 0.5) is 5.82 Å². The summed E-state index contributed by atoms with van der Waals surface area (Å²) in [5, 5.41) is 10.1. The molecule has 1 N–H and O–H groups in total. The summed E-state index contributed by atoms with van der Waals surface area (Å²) >= 11 is 0. The largest absolute Gasteiger partial charge is 0.363 e. The Bertz CT molecular complexity index is 578. The molecule has 19 heavy (non-hydrogen) atoms. The fourth-order valence-corrected chi connectivity index (χ4v) is 1.42. The van der Waals surface area contributed by atoms with Gasteiger partial charge in [-0.1, -0.05) is 5.21 Å². The molecule has 0 bridgehead atoms. The Morgan fingerprint density at radius 3 is 2.89 bits per heavy atom. The lowest BCUT2D eigenvalue weighted by Crippen LogP contribution is -2.24. The van der Waals surface area contributed by atoms with E-state index in [1.54, 1.807) is 25.5 Å². The van der Waals surface area contributed by atoms with Crippen molar-refractivity contribution < 1.29 is 4.79 Å². The summed E-state index contributed by atoms with van der Waals surface area (Å²) in [6.07, 6.45) is 3.21. The number of hydrogen-bond donors (Lipinski definition) is 1. The highest BCUT2D eigenvalue weighted by atomic mass is 16.2. The Morgan fingerprint density at radius 1 is 1.47 bits per heavy atom. The number of amides is 1. The monoisotopic (exact) mass is 261 g/mol. The number of rotatable bonds is 4. The van der Waals surface area contributed by atoms with Gasteiger partial charge in [-0.2, -0.15) is 0 Å². The van der Waals surface area contributed by atoms with Crippen molar-refractivity contribution in [2.75, 3.05) is 19.0 Å². The summed E-state index contributed by atoms with van der Waals surface area (Å²) in [5.41, 5.74) is 0.270. The predicted octanol–water partition coefficient (Wildman–Crippen LogP) is -0.399. The first-order valence-electron chi connectivity index (χ1n) is 5.70. The van der Waals surface area contributed by atoms with Crippen LogP contribution in [0.3, 0.4) is 0 Å². The lowest BCUT2D eigenvalue weighted by molar-refractivity contribution is 0.0945. The second kappa shape index (κ2) is 5.42. The van der Waals surface area contributed by atoms with Gasteiger partial charge in [0.05, 0.1) is 12.7 Å². The van der Waals surface area contributed by atoms with Crippen molar-refractivity contribution in [1.82, 2.24) is 30.3 Å². The minimum atomic E-state index is -0.299. The van der Waals surface area contributed by atoms with Crippen LogP contribution in [0.1, 0.15) is 16.3 Å². The second-order valence-electron chi connectivity index (χ2n) is 4.19. The van der Waals surface area contributed by atoms with Gasteiger partial charge in [-0.25, -0.2) is 9.97 Å². The van der Waals surface area contributed by atoms with Crippen LogP contribution in [-0.2, 0) is 13.6 Å². The third kappa shape index (κ3) is 3.24. The van der Waals surface area contributed by atoms with Gasteiger partial charge in [0.25, 0.3) is 5.91 Å². The van der Waals surface area contributed by atoms with Gasteiger partial charge in [0.15, 0.2) is 5.69 Å². The van der Waals surface area contributed by atoms with E-state index in [0.29, 0.717) is 5.82 Å². The van der Waals surface area contributed by atoms with Gasteiger partial charge in [-0.15, -0.1) is 5.10 Å². The molecule has 8 heteroatoms. The Hall–Kier alpha value is -2.51. The van der Waals surface area contributed by atoms with E-state index in [2.05, 4.69) is 25.6 Å². The van der Waals surface area contributed by atoms with Crippen molar-refractivity contribution >= 4 is 11.7 Å². The quantitative estimate of drug-likeness (QED) is 0.805. The van der Waals surface area contributed by atoms with Crippen LogP contribution >= 0.6 is 0 Å². The van der Waals surface area contributed by atoms with E-state index < -0.39 is 0 Å². The van der Waals surface area contributed by atoms with E-state index in [1.165, 1.54) is 4.68 Å². The first-order valence-corrected chi connectivity index (χ1v) is 5.70. The van der Waals surface area contributed by atoms with Crippen molar-refractivity contribution in [1.29, 1.82) is 0 Å². The molecule has 0 unspecified atom stereocenters. The molecule has 2 aromatic heterocycles. The van der Waals surface area contributed by atoms with E-state index in [4.69, 9.17) is 0 Å². The van der Waals surface area contributed by atoms with Gasteiger partial charge < -0.3 is 10.2 Å². The number of carbonyl (C=O) groups excluding carboxylic acids is 1. The van der Waals surface area contributed by atoms with E-state index in [0.717, 1.165) is 5.82 Å². The third-order valence-corrected chi connectivity index (χ3v) is 2.39. The molecule has 8 nitrogen and oxygen atoms in total. The van der Waals surface area contributed by atoms with Gasteiger partial charge in [0.2, 0.25) is 0 Å². The Kier molecular flexibility index (Phi) is 3.69. The molecule has 2 aromatic rings. The molecule has 0 saturated heterocycles. The van der Waals surface area contributed by atoms with Gasteiger partial charge >= 0.3 is 0 Å². The molecule has 0 radical (unpaired) electrons. The molecule has 0 atom stereocenters. The Balaban J connectivity index is 1.99. The van der Waals surface area contributed by atoms with Gasteiger partial charge in [0.1, 0.15) is 11.6 Å². The van der Waals surface area contributed by atoms with Crippen LogP contribution < -0.4 is 10.2 Å². The first kappa shape index (κ1) is 12.9. The summed E-state index contributed by atoms with van der Waals surface area (Å²) < 4.78 is 1.47.